The number of rotatable bonds is 0. The molecule has 0 saturated heterocycles. The van der Waals surface area contributed by atoms with Gasteiger partial charge in [-0.15, -0.1) is 0 Å². The van der Waals surface area contributed by atoms with E-state index in [1.807, 2.05) is 0 Å². The molecule has 0 bridgehead atoms. The molecule has 0 aromatic rings. The third-order valence-electron chi connectivity index (χ3n) is 1.00. The summed E-state index contributed by atoms with van der Waals surface area (Å²) in [5.74, 6) is 0. The minimum atomic E-state index is 0.150. The molecule has 0 radical (unpaired) electrons. The molecule has 0 aliphatic heterocycles. The van der Waals surface area contributed by atoms with Crippen molar-refractivity contribution >= 4 is 15.8 Å². The molecule has 0 aromatic heterocycles. The average molecular weight is 116 g/mol. The molecule has 0 amide bonds. The molecule has 0 rings (SSSR count). The SMILES string of the molecule is C[Si](C)=[Si](C)C. The molecule has 0 N–H and O–H groups in total. The minimum absolute atomic E-state index is 0.150. The first-order valence-electron chi connectivity index (χ1n) is 2.25. The Labute approximate surface area is 42.7 Å². The van der Waals surface area contributed by atoms with Crippen molar-refractivity contribution in [2.75, 3.05) is 0 Å². The first-order chi connectivity index (χ1) is 2.64. The fourth-order valence-electron chi connectivity index (χ4n) is 0. The van der Waals surface area contributed by atoms with Crippen LogP contribution >= 0.6 is 0 Å². The molecule has 0 saturated carbocycles. The molecule has 0 spiro atoms. The highest BCUT2D eigenvalue weighted by atomic mass is 28.9. The van der Waals surface area contributed by atoms with E-state index in [1.54, 1.807) is 0 Å². The maximum Gasteiger partial charge on any atom is -0.0191 e. The topological polar surface area (TPSA) is 0 Å². The van der Waals surface area contributed by atoms with Gasteiger partial charge in [0.15, 0.2) is 0 Å². The summed E-state index contributed by atoms with van der Waals surface area (Å²) in [5.41, 5.74) is 0. The van der Waals surface area contributed by atoms with E-state index in [0.29, 0.717) is 0 Å². The Morgan fingerprint density at radius 3 is 0.833 bits per heavy atom. The van der Waals surface area contributed by atoms with Gasteiger partial charge in [-0.3, -0.25) is 0 Å². The highest BCUT2D eigenvalue weighted by Gasteiger charge is 1.78. The molecule has 0 heterocycles. The zero-order chi connectivity index (χ0) is 5.15. The van der Waals surface area contributed by atoms with Gasteiger partial charge in [-0.05, 0) is 15.8 Å². The largest absolute Gasteiger partial charge is 0.0600 e. The molecule has 6 heavy (non-hydrogen) atoms. The maximum atomic E-state index is 2.39. The van der Waals surface area contributed by atoms with Crippen molar-refractivity contribution in [2.24, 2.45) is 0 Å². The van der Waals surface area contributed by atoms with Crippen molar-refractivity contribution in [2.45, 2.75) is 26.2 Å². The van der Waals surface area contributed by atoms with E-state index in [4.69, 9.17) is 0 Å². The van der Waals surface area contributed by atoms with E-state index in [1.165, 1.54) is 0 Å². The summed E-state index contributed by atoms with van der Waals surface area (Å²) in [5, 5.41) is 0. The smallest absolute Gasteiger partial charge is 0.0191 e. The van der Waals surface area contributed by atoms with Gasteiger partial charge in [0.05, 0.1) is 0 Å². The highest BCUT2D eigenvalue weighted by molar-refractivity contribution is 6.93. The van der Waals surface area contributed by atoms with Crippen LogP contribution in [-0.2, 0) is 0 Å². The second-order valence-electron chi connectivity index (χ2n) is 2.00. The molecule has 0 aliphatic rings. The standard InChI is InChI=1S/C4H12Si2/c1-5(2)6(3)4/h1-4H3. The van der Waals surface area contributed by atoms with Gasteiger partial charge in [0.2, 0.25) is 0 Å². The van der Waals surface area contributed by atoms with E-state index >= 15 is 0 Å². The molecular weight excluding hydrogens is 104 g/mol. The Balaban J connectivity index is 3.68. The summed E-state index contributed by atoms with van der Waals surface area (Å²) < 4.78 is 0. The van der Waals surface area contributed by atoms with Crippen molar-refractivity contribution in [3.63, 3.8) is 0 Å². The van der Waals surface area contributed by atoms with Gasteiger partial charge >= 0.3 is 0 Å². The van der Waals surface area contributed by atoms with Crippen LogP contribution in [-0.4, -0.2) is 15.8 Å². The molecule has 0 nitrogen and oxygen atoms in total. The third kappa shape index (κ3) is 2.66. The van der Waals surface area contributed by atoms with Gasteiger partial charge in [0.25, 0.3) is 0 Å². The Morgan fingerprint density at radius 2 is 0.833 bits per heavy atom. The molecular formula is C4H12Si2. The van der Waals surface area contributed by atoms with Gasteiger partial charge < -0.3 is 0 Å². The van der Waals surface area contributed by atoms with Crippen molar-refractivity contribution in [1.82, 2.24) is 0 Å². The lowest BCUT2D eigenvalue weighted by Gasteiger charge is -1.85. The van der Waals surface area contributed by atoms with E-state index < -0.39 is 0 Å². The normalized spacial score (nSPS) is 8.00. The van der Waals surface area contributed by atoms with Gasteiger partial charge in [0.1, 0.15) is 0 Å². The van der Waals surface area contributed by atoms with E-state index in [-0.39, 0.29) is 15.8 Å². The first-order valence-corrected chi connectivity index (χ1v) is 8.25. The third-order valence-corrected chi connectivity index (χ3v) is 9.00. The Hall–Kier alpha value is 0.434. The van der Waals surface area contributed by atoms with Gasteiger partial charge in [-0.1, -0.05) is 26.2 Å². The lowest BCUT2D eigenvalue weighted by Crippen LogP contribution is -1.99. The van der Waals surface area contributed by atoms with Gasteiger partial charge in [-0.2, -0.15) is 0 Å². The summed E-state index contributed by atoms with van der Waals surface area (Å²) in [6, 6.07) is 0. The highest BCUT2D eigenvalue weighted by Crippen LogP contribution is 1.69. The van der Waals surface area contributed by atoms with Crippen LogP contribution in [0.2, 0.25) is 26.2 Å². The second kappa shape index (κ2) is 2.58. The average Bonchev–Trinajstić information content (AvgIpc) is 1.36. The van der Waals surface area contributed by atoms with Crippen LogP contribution in [0.3, 0.4) is 0 Å². The zero-order valence-corrected chi connectivity index (χ0v) is 7.00. The van der Waals surface area contributed by atoms with Crippen LogP contribution < -0.4 is 0 Å². The van der Waals surface area contributed by atoms with Crippen molar-refractivity contribution in [3.8, 4) is 0 Å². The number of hydrogen-bond donors (Lipinski definition) is 0. The Bertz CT molecular complexity index is 55.6. The summed E-state index contributed by atoms with van der Waals surface area (Å²) in [6.07, 6.45) is 0. The lowest BCUT2D eigenvalue weighted by atomic mass is 11.9. The van der Waals surface area contributed by atoms with Gasteiger partial charge in [-0.25, -0.2) is 0 Å². The molecule has 0 aromatic carbocycles. The second-order valence-corrected chi connectivity index (χ2v) is 12.0. The van der Waals surface area contributed by atoms with Crippen LogP contribution in [0.5, 0.6) is 0 Å². The van der Waals surface area contributed by atoms with E-state index in [2.05, 4.69) is 26.2 Å². The predicted molar refractivity (Wildman–Crippen MR) is 35.0 cm³/mol. The summed E-state index contributed by atoms with van der Waals surface area (Å²) in [4.78, 5) is 0. The van der Waals surface area contributed by atoms with Crippen LogP contribution in [0.4, 0.5) is 0 Å². The molecule has 0 unspecified atom stereocenters. The van der Waals surface area contributed by atoms with Crippen LogP contribution in [0.1, 0.15) is 0 Å². The van der Waals surface area contributed by atoms with Crippen LogP contribution in [0.25, 0.3) is 0 Å². The zero-order valence-electron chi connectivity index (χ0n) is 5.00. The monoisotopic (exact) mass is 116 g/mol. The molecule has 36 valence electrons. The first kappa shape index (κ1) is 6.43. The maximum absolute atomic E-state index is 2.39. The molecule has 2 heteroatoms. The quantitative estimate of drug-likeness (QED) is 0.421. The van der Waals surface area contributed by atoms with Gasteiger partial charge in [0, 0.05) is 0 Å². The van der Waals surface area contributed by atoms with E-state index in [0.717, 1.165) is 0 Å². The summed E-state index contributed by atoms with van der Waals surface area (Å²) in [6.45, 7) is 9.55. The van der Waals surface area contributed by atoms with Crippen molar-refractivity contribution in [1.29, 1.82) is 0 Å². The lowest BCUT2D eigenvalue weighted by molar-refractivity contribution is 2.03. The minimum Gasteiger partial charge on any atom is -0.0600 e. The fourth-order valence-corrected chi connectivity index (χ4v) is 0. The fraction of sp³-hybridized carbons (Fsp3) is 1.00. The molecule has 0 aliphatic carbocycles. The molecule has 0 fully saturated rings. The van der Waals surface area contributed by atoms with Crippen LogP contribution in [0, 0.1) is 0 Å². The predicted octanol–water partition coefficient (Wildman–Crippen LogP) is 1.57. The summed E-state index contributed by atoms with van der Waals surface area (Å²) in [7, 11) is 0.300. The number of hydrogen-bond acceptors (Lipinski definition) is 0. The summed E-state index contributed by atoms with van der Waals surface area (Å²) >= 11 is 0. The Morgan fingerprint density at radius 1 is 0.667 bits per heavy atom. The van der Waals surface area contributed by atoms with Crippen LogP contribution in [0.15, 0.2) is 0 Å². The Kier molecular flexibility index (Phi) is 2.77. The van der Waals surface area contributed by atoms with Crippen molar-refractivity contribution in [3.05, 3.63) is 0 Å². The van der Waals surface area contributed by atoms with Crippen molar-refractivity contribution < 1.29 is 0 Å². The molecule has 0 atom stereocenters. The van der Waals surface area contributed by atoms with E-state index in [9.17, 15) is 0 Å².